The van der Waals surface area contributed by atoms with Gasteiger partial charge in [0, 0.05) is 13.1 Å². The van der Waals surface area contributed by atoms with Gasteiger partial charge in [0.2, 0.25) is 0 Å². The van der Waals surface area contributed by atoms with Gasteiger partial charge in [-0.05, 0) is 18.9 Å². The molecule has 1 fully saturated rings. The normalized spacial score (nSPS) is 21.9. The summed E-state index contributed by atoms with van der Waals surface area (Å²) in [4.78, 5) is 23.4. The van der Waals surface area contributed by atoms with E-state index >= 15 is 0 Å². The maximum absolute atomic E-state index is 11.5. The first kappa shape index (κ1) is 12.7. The molecule has 0 spiro atoms. The Morgan fingerprint density at radius 2 is 2.25 bits per heavy atom. The first-order valence-electron chi connectivity index (χ1n) is 5.18. The van der Waals surface area contributed by atoms with Crippen LogP contribution in [0.4, 0.5) is 4.79 Å². The maximum atomic E-state index is 11.5. The van der Waals surface area contributed by atoms with Gasteiger partial charge in [-0.2, -0.15) is 0 Å². The molecule has 0 aliphatic carbocycles. The molecule has 1 saturated heterocycles. The molecule has 16 heavy (non-hydrogen) atoms. The topological polar surface area (TPSA) is 116 Å². The van der Waals surface area contributed by atoms with Crippen LogP contribution in [0.2, 0.25) is 0 Å². The predicted molar refractivity (Wildman–Crippen MR) is 55.8 cm³/mol. The lowest BCUT2D eigenvalue weighted by atomic mass is 10.1. The molecular formula is C9H17N3O4. The minimum atomic E-state index is -1.56. The number of nitrogens with two attached hydrogens (primary N) is 1. The van der Waals surface area contributed by atoms with Crippen LogP contribution < -0.4 is 11.1 Å². The van der Waals surface area contributed by atoms with Gasteiger partial charge in [-0.25, -0.2) is 9.59 Å². The van der Waals surface area contributed by atoms with Crippen LogP contribution in [0.5, 0.6) is 0 Å². The molecule has 92 valence electrons. The average molecular weight is 231 g/mol. The number of hydrogen-bond donors (Lipinski definition) is 4. The number of rotatable bonds is 4. The molecule has 5 N–H and O–H groups in total. The number of carboxylic acid groups (broad SMARTS) is 1. The fraction of sp³-hybridized carbons (Fsp3) is 0.778. The van der Waals surface area contributed by atoms with E-state index in [9.17, 15) is 9.59 Å². The van der Waals surface area contributed by atoms with Gasteiger partial charge in [0.1, 0.15) is 0 Å². The van der Waals surface area contributed by atoms with Gasteiger partial charge in [0.25, 0.3) is 0 Å². The summed E-state index contributed by atoms with van der Waals surface area (Å²) in [6.45, 7) is 1.47. The van der Waals surface area contributed by atoms with Crippen molar-refractivity contribution in [3.05, 3.63) is 0 Å². The molecule has 7 nitrogen and oxygen atoms in total. The number of likely N-dealkylation sites (tertiary alicyclic amines) is 1. The summed E-state index contributed by atoms with van der Waals surface area (Å²) < 4.78 is 0. The molecule has 0 bridgehead atoms. The number of aliphatic carboxylic acids is 1. The fourth-order valence-corrected chi connectivity index (χ4v) is 1.59. The highest BCUT2D eigenvalue weighted by Gasteiger charge is 2.25. The Labute approximate surface area is 93.2 Å². The first-order chi connectivity index (χ1) is 7.54. The van der Waals surface area contributed by atoms with Crippen LogP contribution in [0, 0.1) is 5.92 Å². The van der Waals surface area contributed by atoms with Gasteiger partial charge >= 0.3 is 12.0 Å². The molecule has 1 rings (SSSR count). The van der Waals surface area contributed by atoms with E-state index in [-0.39, 0.29) is 12.6 Å². The minimum absolute atomic E-state index is 0.280. The second kappa shape index (κ2) is 5.66. The summed E-state index contributed by atoms with van der Waals surface area (Å²) in [5.74, 6) is -1.03. The zero-order chi connectivity index (χ0) is 12.1. The number of nitrogens with one attached hydrogen (secondary N) is 1. The number of carboxylic acids is 1. The van der Waals surface area contributed by atoms with E-state index in [1.165, 1.54) is 0 Å². The van der Waals surface area contributed by atoms with Crippen molar-refractivity contribution in [1.29, 1.82) is 0 Å². The number of aliphatic hydroxyl groups excluding tert-OH is 1. The summed E-state index contributed by atoms with van der Waals surface area (Å²) in [6, 6.07) is -0.351. The largest absolute Gasteiger partial charge is 0.479 e. The van der Waals surface area contributed by atoms with Crippen LogP contribution in [-0.4, -0.2) is 59.4 Å². The molecule has 1 unspecified atom stereocenters. The van der Waals surface area contributed by atoms with Crippen molar-refractivity contribution in [2.24, 2.45) is 11.7 Å². The Balaban J connectivity index is 2.28. The highest BCUT2D eigenvalue weighted by molar-refractivity contribution is 5.77. The molecule has 0 saturated carbocycles. The Kier molecular flexibility index (Phi) is 4.51. The second-order valence-corrected chi connectivity index (χ2v) is 3.88. The highest BCUT2D eigenvalue weighted by atomic mass is 16.4. The highest BCUT2D eigenvalue weighted by Crippen LogP contribution is 2.14. The Morgan fingerprint density at radius 1 is 1.56 bits per heavy atom. The van der Waals surface area contributed by atoms with Gasteiger partial charge < -0.3 is 26.2 Å². The van der Waals surface area contributed by atoms with Gasteiger partial charge in [-0.15, -0.1) is 0 Å². The quantitative estimate of drug-likeness (QED) is 0.466. The van der Waals surface area contributed by atoms with E-state index in [1.807, 2.05) is 0 Å². The molecule has 7 heteroatoms. The molecule has 1 heterocycles. The lowest BCUT2D eigenvalue weighted by Gasteiger charge is -2.17. The van der Waals surface area contributed by atoms with E-state index in [4.69, 9.17) is 15.9 Å². The minimum Gasteiger partial charge on any atom is -0.479 e. The summed E-state index contributed by atoms with van der Waals surface area (Å²) >= 11 is 0. The third-order valence-corrected chi connectivity index (χ3v) is 2.64. The molecule has 1 aliphatic rings. The second-order valence-electron chi connectivity index (χ2n) is 3.88. The van der Waals surface area contributed by atoms with E-state index in [1.54, 1.807) is 4.90 Å². The van der Waals surface area contributed by atoms with Crippen molar-refractivity contribution in [1.82, 2.24) is 10.2 Å². The molecule has 0 aromatic carbocycles. The van der Waals surface area contributed by atoms with E-state index in [0.717, 1.165) is 6.42 Å². The van der Waals surface area contributed by atoms with E-state index in [0.29, 0.717) is 25.6 Å². The number of carbonyl (C=O) groups excluding carboxylic acids is 1. The summed E-state index contributed by atoms with van der Waals surface area (Å²) in [6.07, 6.45) is -0.692. The number of amides is 2. The number of carbonyl (C=O) groups is 2. The lowest BCUT2D eigenvalue weighted by Crippen LogP contribution is -2.43. The van der Waals surface area contributed by atoms with Gasteiger partial charge in [0.05, 0.1) is 6.54 Å². The molecule has 1 aliphatic heterocycles. The van der Waals surface area contributed by atoms with Crippen LogP contribution in [0.3, 0.4) is 0 Å². The number of hydrogen-bond acceptors (Lipinski definition) is 4. The molecule has 2 atom stereocenters. The van der Waals surface area contributed by atoms with Crippen molar-refractivity contribution in [3.63, 3.8) is 0 Å². The van der Waals surface area contributed by atoms with Crippen LogP contribution in [0.25, 0.3) is 0 Å². The van der Waals surface area contributed by atoms with Crippen molar-refractivity contribution in [2.45, 2.75) is 12.5 Å². The Hall–Kier alpha value is -1.34. The molecule has 0 radical (unpaired) electrons. The standard InChI is InChI=1S/C9H17N3O4/c10-3-6-1-2-12(5-6)9(16)11-4-7(13)8(14)15/h6-7,13H,1-5,10H2,(H,11,16)(H,14,15)/t6?,7-/m0/s1. The summed E-state index contributed by atoms with van der Waals surface area (Å²) in [5.41, 5.74) is 5.48. The van der Waals surface area contributed by atoms with E-state index < -0.39 is 12.1 Å². The number of nitrogens with zero attached hydrogens (tertiary/aromatic N) is 1. The van der Waals surface area contributed by atoms with Crippen molar-refractivity contribution < 1.29 is 19.8 Å². The third-order valence-electron chi connectivity index (χ3n) is 2.64. The maximum Gasteiger partial charge on any atom is 0.334 e. The molecule has 0 aromatic heterocycles. The number of urea groups is 1. The lowest BCUT2D eigenvalue weighted by molar-refractivity contribution is -0.146. The smallest absolute Gasteiger partial charge is 0.334 e. The van der Waals surface area contributed by atoms with E-state index in [2.05, 4.69) is 5.32 Å². The van der Waals surface area contributed by atoms with Gasteiger partial charge in [-0.3, -0.25) is 0 Å². The Morgan fingerprint density at radius 3 is 2.75 bits per heavy atom. The average Bonchev–Trinajstić information content (AvgIpc) is 2.73. The van der Waals surface area contributed by atoms with Crippen LogP contribution in [0.1, 0.15) is 6.42 Å². The first-order valence-corrected chi connectivity index (χ1v) is 5.18. The fourth-order valence-electron chi connectivity index (χ4n) is 1.59. The van der Waals surface area contributed by atoms with Gasteiger partial charge in [0.15, 0.2) is 6.10 Å². The number of aliphatic hydroxyl groups is 1. The van der Waals surface area contributed by atoms with Gasteiger partial charge in [-0.1, -0.05) is 0 Å². The van der Waals surface area contributed by atoms with Crippen molar-refractivity contribution in [2.75, 3.05) is 26.2 Å². The zero-order valence-corrected chi connectivity index (χ0v) is 8.93. The van der Waals surface area contributed by atoms with Crippen LogP contribution >= 0.6 is 0 Å². The van der Waals surface area contributed by atoms with Crippen molar-refractivity contribution >= 4 is 12.0 Å². The van der Waals surface area contributed by atoms with Crippen molar-refractivity contribution in [3.8, 4) is 0 Å². The monoisotopic (exact) mass is 231 g/mol. The molecule has 2 amide bonds. The van der Waals surface area contributed by atoms with Crippen LogP contribution in [0.15, 0.2) is 0 Å². The Bertz CT molecular complexity index is 271. The summed E-state index contributed by atoms with van der Waals surface area (Å²) in [5, 5.41) is 19.7. The summed E-state index contributed by atoms with van der Waals surface area (Å²) in [7, 11) is 0. The molecule has 0 aromatic rings. The van der Waals surface area contributed by atoms with Crippen LogP contribution in [-0.2, 0) is 4.79 Å². The zero-order valence-electron chi connectivity index (χ0n) is 8.93. The molecular weight excluding hydrogens is 214 g/mol. The predicted octanol–water partition coefficient (Wildman–Crippen LogP) is -1.58. The SMILES string of the molecule is NCC1CCN(C(=O)NC[C@H](O)C(=O)O)C1. The third kappa shape index (κ3) is 3.35.